The number of carbonyl (C=O) groups excluding carboxylic acids is 1. The van der Waals surface area contributed by atoms with Crippen molar-refractivity contribution in [3.63, 3.8) is 0 Å². The highest BCUT2D eigenvalue weighted by Crippen LogP contribution is 2.31. The lowest BCUT2D eigenvalue weighted by Gasteiger charge is -2.39. The summed E-state index contributed by atoms with van der Waals surface area (Å²) in [6.07, 6.45) is 1.14. The van der Waals surface area contributed by atoms with E-state index in [-0.39, 0.29) is 23.5 Å². The molecule has 0 radical (unpaired) electrons. The second-order valence-corrected chi connectivity index (χ2v) is 7.62. The molecule has 1 heterocycles. The van der Waals surface area contributed by atoms with E-state index >= 15 is 0 Å². The van der Waals surface area contributed by atoms with Crippen LogP contribution in [-0.4, -0.2) is 40.9 Å². The molecule has 0 bridgehead atoms. The molecule has 1 fully saturated rings. The molecule has 0 aromatic rings. The van der Waals surface area contributed by atoms with E-state index in [2.05, 4.69) is 20.8 Å². The Labute approximate surface area is 117 Å². The number of rotatable bonds is 1. The van der Waals surface area contributed by atoms with E-state index in [1.165, 1.54) is 0 Å². The topological polar surface area (TPSA) is 49.8 Å². The van der Waals surface area contributed by atoms with Crippen molar-refractivity contribution in [2.24, 2.45) is 11.3 Å². The second-order valence-electron chi connectivity index (χ2n) is 7.62. The van der Waals surface area contributed by atoms with Crippen molar-refractivity contribution >= 4 is 6.09 Å². The van der Waals surface area contributed by atoms with E-state index in [1.807, 2.05) is 20.8 Å². The van der Waals surface area contributed by atoms with Gasteiger partial charge in [0, 0.05) is 13.1 Å². The van der Waals surface area contributed by atoms with Crippen LogP contribution in [0, 0.1) is 11.3 Å². The van der Waals surface area contributed by atoms with Gasteiger partial charge >= 0.3 is 6.09 Å². The minimum absolute atomic E-state index is 0.0985. The van der Waals surface area contributed by atoms with Crippen molar-refractivity contribution in [1.29, 1.82) is 0 Å². The molecule has 0 aliphatic carbocycles. The summed E-state index contributed by atoms with van der Waals surface area (Å²) in [5.74, 6) is 0.277. The fourth-order valence-corrected chi connectivity index (χ4v) is 2.43. The average molecular weight is 271 g/mol. The van der Waals surface area contributed by atoms with E-state index in [0.717, 1.165) is 12.8 Å². The predicted molar refractivity (Wildman–Crippen MR) is 76.0 cm³/mol. The molecule has 0 aromatic carbocycles. The minimum atomic E-state index is -0.446. The molecular formula is C15H29NO3. The predicted octanol–water partition coefficient (Wildman–Crippen LogP) is 3.04. The van der Waals surface area contributed by atoms with Gasteiger partial charge in [-0.2, -0.15) is 0 Å². The Morgan fingerprint density at radius 2 is 1.63 bits per heavy atom. The lowest BCUT2D eigenvalue weighted by molar-refractivity contribution is -0.0218. The average Bonchev–Trinajstić information content (AvgIpc) is 2.24. The Morgan fingerprint density at radius 3 is 2.00 bits per heavy atom. The molecule has 19 heavy (non-hydrogen) atoms. The Morgan fingerprint density at radius 1 is 1.16 bits per heavy atom. The van der Waals surface area contributed by atoms with Gasteiger partial charge in [0.15, 0.2) is 0 Å². The largest absolute Gasteiger partial charge is 0.444 e. The maximum absolute atomic E-state index is 11.9. The molecule has 1 aliphatic rings. The SMILES string of the molecule is CC(C)(C)OC(=O)N1CCC(C(O)C(C)(C)C)CC1. The van der Waals surface area contributed by atoms with Crippen LogP contribution < -0.4 is 0 Å². The molecule has 1 amide bonds. The number of hydrogen-bond acceptors (Lipinski definition) is 3. The molecule has 112 valence electrons. The summed E-state index contributed by atoms with van der Waals surface area (Å²) >= 11 is 0. The lowest BCUT2D eigenvalue weighted by atomic mass is 9.77. The molecule has 0 spiro atoms. The van der Waals surface area contributed by atoms with Crippen LogP contribution in [0.15, 0.2) is 0 Å². The van der Waals surface area contributed by atoms with Gasteiger partial charge in [0.25, 0.3) is 0 Å². The first-order valence-electron chi connectivity index (χ1n) is 7.17. The van der Waals surface area contributed by atoms with Crippen LogP contribution in [0.5, 0.6) is 0 Å². The summed E-state index contributed by atoms with van der Waals surface area (Å²) in [5.41, 5.74) is -0.544. The van der Waals surface area contributed by atoms with E-state index in [9.17, 15) is 9.90 Å². The number of aliphatic hydroxyl groups is 1. The first kappa shape index (κ1) is 16.3. The van der Waals surface area contributed by atoms with Gasteiger partial charge in [0.2, 0.25) is 0 Å². The molecule has 0 saturated carbocycles. The van der Waals surface area contributed by atoms with Gasteiger partial charge in [-0.1, -0.05) is 20.8 Å². The number of nitrogens with zero attached hydrogens (tertiary/aromatic N) is 1. The highest BCUT2D eigenvalue weighted by Gasteiger charge is 2.34. The summed E-state index contributed by atoms with van der Waals surface area (Å²) in [6.45, 7) is 13.1. The number of piperidine rings is 1. The van der Waals surface area contributed by atoms with Crippen LogP contribution >= 0.6 is 0 Å². The Kier molecular flexibility index (Phi) is 4.88. The number of aliphatic hydroxyl groups excluding tert-OH is 1. The van der Waals surface area contributed by atoms with Crippen molar-refractivity contribution in [2.75, 3.05) is 13.1 Å². The maximum atomic E-state index is 11.9. The molecular weight excluding hydrogens is 242 g/mol. The van der Waals surface area contributed by atoms with E-state index in [4.69, 9.17) is 4.74 Å². The van der Waals surface area contributed by atoms with Crippen LogP contribution in [-0.2, 0) is 4.74 Å². The zero-order chi connectivity index (χ0) is 14.8. The zero-order valence-electron chi connectivity index (χ0n) is 13.2. The highest BCUT2D eigenvalue weighted by molar-refractivity contribution is 5.68. The van der Waals surface area contributed by atoms with Gasteiger partial charge in [-0.05, 0) is 44.9 Å². The molecule has 1 N–H and O–H groups in total. The molecule has 4 nitrogen and oxygen atoms in total. The first-order valence-corrected chi connectivity index (χ1v) is 7.17. The molecule has 1 unspecified atom stereocenters. The van der Waals surface area contributed by atoms with Gasteiger partial charge in [-0.15, -0.1) is 0 Å². The molecule has 0 aromatic heterocycles. The monoisotopic (exact) mass is 271 g/mol. The standard InChI is InChI=1S/C15H29NO3/c1-14(2,3)12(17)11-7-9-16(10-8-11)13(18)19-15(4,5)6/h11-12,17H,7-10H2,1-6H3. The third-order valence-corrected chi connectivity index (χ3v) is 3.53. The Bertz CT molecular complexity index is 306. The second kappa shape index (κ2) is 5.70. The normalized spacial score (nSPS) is 20.3. The molecule has 1 atom stereocenters. The molecule has 1 saturated heterocycles. The number of carbonyl (C=O) groups is 1. The summed E-state index contributed by atoms with van der Waals surface area (Å²) in [7, 11) is 0. The Balaban J connectivity index is 2.47. The van der Waals surface area contributed by atoms with E-state index in [0.29, 0.717) is 13.1 Å². The van der Waals surface area contributed by atoms with Gasteiger partial charge in [0.1, 0.15) is 5.60 Å². The molecule has 1 rings (SSSR count). The van der Waals surface area contributed by atoms with Gasteiger partial charge in [0.05, 0.1) is 6.10 Å². The van der Waals surface area contributed by atoms with Crippen LogP contribution in [0.3, 0.4) is 0 Å². The molecule has 4 heteroatoms. The Hall–Kier alpha value is -0.770. The van der Waals surface area contributed by atoms with Crippen LogP contribution in [0.4, 0.5) is 4.79 Å². The highest BCUT2D eigenvalue weighted by atomic mass is 16.6. The smallest absolute Gasteiger partial charge is 0.410 e. The lowest BCUT2D eigenvalue weighted by Crippen LogP contribution is -2.45. The zero-order valence-corrected chi connectivity index (χ0v) is 13.2. The maximum Gasteiger partial charge on any atom is 0.410 e. The number of amides is 1. The number of ether oxygens (including phenoxy) is 1. The third kappa shape index (κ3) is 5.01. The fourth-order valence-electron chi connectivity index (χ4n) is 2.43. The molecule has 1 aliphatic heterocycles. The summed E-state index contributed by atoms with van der Waals surface area (Å²) in [4.78, 5) is 13.7. The van der Waals surface area contributed by atoms with Crippen molar-refractivity contribution in [3.8, 4) is 0 Å². The van der Waals surface area contributed by atoms with Crippen molar-refractivity contribution in [1.82, 2.24) is 4.90 Å². The van der Waals surface area contributed by atoms with Crippen molar-refractivity contribution < 1.29 is 14.6 Å². The van der Waals surface area contributed by atoms with Gasteiger partial charge in [-0.3, -0.25) is 0 Å². The quantitative estimate of drug-likeness (QED) is 0.797. The van der Waals surface area contributed by atoms with Crippen LogP contribution in [0.2, 0.25) is 0 Å². The number of likely N-dealkylation sites (tertiary alicyclic amines) is 1. The summed E-state index contributed by atoms with van der Waals surface area (Å²) in [6, 6.07) is 0. The summed E-state index contributed by atoms with van der Waals surface area (Å²) in [5, 5.41) is 10.3. The van der Waals surface area contributed by atoms with Crippen LogP contribution in [0.1, 0.15) is 54.4 Å². The third-order valence-electron chi connectivity index (χ3n) is 3.53. The first-order chi connectivity index (χ1) is 8.50. The minimum Gasteiger partial charge on any atom is -0.444 e. The van der Waals surface area contributed by atoms with Crippen molar-refractivity contribution in [2.45, 2.75) is 66.1 Å². The summed E-state index contributed by atoms with van der Waals surface area (Å²) < 4.78 is 5.36. The van der Waals surface area contributed by atoms with E-state index in [1.54, 1.807) is 4.90 Å². The van der Waals surface area contributed by atoms with Gasteiger partial charge in [-0.25, -0.2) is 4.79 Å². The number of hydrogen-bond donors (Lipinski definition) is 1. The fraction of sp³-hybridized carbons (Fsp3) is 0.933. The van der Waals surface area contributed by atoms with E-state index < -0.39 is 5.60 Å². The van der Waals surface area contributed by atoms with Crippen molar-refractivity contribution in [3.05, 3.63) is 0 Å². The van der Waals surface area contributed by atoms with Crippen LogP contribution in [0.25, 0.3) is 0 Å². The van der Waals surface area contributed by atoms with Gasteiger partial charge < -0.3 is 14.7 Å².